The summed E-state index contributed by atoms with van der Waals surface area (Å²) in [5, 5.41) is 8.18. The van der Waals surface area contributed by atoms with E-state index in [0.717, 1.165) is 22.5 Å². The number of carbonyl (C=O) groups excluding carboxylic acids is 1. The number of amides is 1. The molecule has 0 aliphatic carbocycles. The molecule has 1 heterocycles. The Labute approximate surface area is 147 Å². The number of aryl methyl sites for hydroxylation is 3. The molecule has 0 aliphatic heterocycles. The van der Waals surface area contributed by atoms with Crippen LogP contribution in [-0.2, 0) is 0 Å². The first-order valence-corrected chi connectivity index (χ1v) is 8.37. The largest absolute Gasteiger partial charge is 0.307 e. The summed E-state index contributed by atoms with van der Waals surface area (Å²) < 4.78 is 1.63. The fraction of sp³-hybridized carbons (Fsp3) is 0.250. The zero-order chi connectivity index (χ0) is 18.0. The van der Waals surface area contributed by atoms with E-state index in [9.17, 15) is 4.79 Å². The summed E-state index contributed by atoms with van der Waals surface area (Å²) in [5.41, 5.74) is 5.53. The van der Waals surface area contributed by atoms with Gasteiger partial charge in [0.05, 0.1) is 11.9 Å². The van der Waals surface area contributed by atoms with Gasteiger partial charge in [-0.3, -0.25) is 4.79 Å². The first-order chi connectivity index (χ1) is 12.0. The summed E-state index contributed by atoms with van der Waals surface area (Å²) >= 11 is 0. The van der Waals surface area contributed by atoms with Gasteiger partial charge in [0.2, 0.25) is 0 Å². The molecule has 0 radical (unpaired) electrons. The number of carbonyl (C=O) groups is 1. The Balaban J connectivity index is 1.90. The van der Waals surface area contributed by atoms with E-state index in [2.05, 4.69) is 16.4 Å². The van der Waals surface area contributed by atoms with Crippen LogP contribution in [0.15, 0.2) is 48.7 Å². The van der Waals surface area contributed by atoms with Gasteiger partial charge in [0.1, 0.15) is 0 Å². The van der Waals surface area contributed by atoms with Crippen LogP contribution in [0.3, 0.4) is 0 Å². The molecule has 3 aromatic rings. The Morgan fingerprint density at radius 3 is 2.24 bits per heavy atom. The average Bonchev–Trinajstić information content (AvgIpc) is 3.05. The van der Waals surface area contributed by atoms with Crippen molar-refractivity contribution in [1.82, 2.24) is 15.0 Å². The lowest BCUT2D eigenvalue weighted by molar-refractivity contribution is 0.0983. The highest BCUT2D eigenvalue weighted by Crippen LogP contribution is 2.20. The second-order valence-corrected chi connectivity index (χ2v) is 6.28. The molecule has 5 nitrogen and oxygen atoms in total. The maximum absolute atomic E-state index is 12.9. The average molecular weight is 334 g/mol. The molecule has 1 aromatic heterocycles. The fourth-order valence-electron chi connectivity index (χ4n) is 2.87. The molecule has 5 heteroatoms. The highest BCUT2D eigenvalue weighted by Gasteiger charge is 2.20. The molecule has 0 atom stereocenters. The van der Waals surface area contributed by atoms with Crippen molar-refractivity contribution in [3.05, 3.63) is 71.0 Å². The number of hydrogen-bond donors (Lipinski definition) is 0. The number of benzene rings is 2. The van der Waals surface area contributed by atoms with Gasteiger partial charge in [-0.15, -0.1) is 5.10 Å². The number of nitrogens with zero attached hydrogens (tertiary/aromatic N) is 4. The van der Waals surface area contributed by atoms with E-state index in [1.165, 1.54) is 5.56 Å². The van der Waals surface area contributed by atoms with Crippen molar-refractivity contribution in [3.8, 4) is 5.69 Å². The van der Waals surface area contributed by atoms with Crippen LogP contribution in [0.5, 0.6) is 0 Å². The molecule has 0 saturated heterocycles. The highest BCUT2D eigenvalue weighted by atomic mass is 16.2. The smallest absolute Gasteiger partial charge is 0.280 e. The second kappa shape index (κ2) is 6.89. The third-order valence-corrected chi connectivity index (χ3v) is 4.09. The molecular formula is C20H22N4O. The van der Waals surface area contributed by atoms with Crippen LogP contribution >= 0.6 is 0 Å². The van der Waals surface area contributed by atoms with Crippen molar-refractivity contribution in [2.45, 2.75) is 27.7 Å². The monoisotopic (exact) mass is 334 g/mol. The summed E-state index contributed by atoms with van der Waals surface area (Å²) in [7, 11) is 0. The molecule has 1 amide bonds. The summed E-state index contributed by atoms with van der Waals surface area (Å²) in [6.07, 6.45) is 1.68. The summed E-state index contributed by atoms with van der Waals surface area (Å²) in [5.74, 6) is -0.147. The second-order valence-electron chi connectivity index (χ2n) is 6.28. The lowest BCUT2D eigenvalue weighted by Crippen LogP contribution is -2.31. The van der Waals surface area contributed by atoms with Crippen molar-refractivity contribution >= 4 is 11.6 Å². The van der Waals surface area contributed by atoms with Gasteiger partial charge in [-0.25, -0.2) is 4.68 Å². The lowest BCUT2D eigenvalue weighted by atomic mass is 10.1. The van der Waals surface area contributed by atoms with Crippen LogP contribution < -0.4 is 4.90 Å². The molecule has 0 N–H and O–H groups in total. The molecule has 0 bridgehead atoms. The first-order valence-electron chi connectivity index (χ1n) is 8.37. The van der Waals surface area contributed by atoms with E-state index >= 15 is 0 Å². The van der Waals surface area contributed by atoms with Gasteiger partial charge < -0.3 is 4.90 Å². The minimum atomic E-state index is -0.147. The maximum Gasteiger partial charge on any atom is 0.280 e. The van der Waals surface area contributed by atoms with Crippen LogP contribution in [0.2, 0.25) is 0 Å². The Hall–Kier alpha value is -2.95. The van der Waals surface area contributed by atoms with E-state index in [4.69, 9.17) is 0 Å². The highest BCUT2D eigenvalue weighted by molar-refractivity contribution is 6.04. The number of aromatic nitrogens is 3. The predicted molar refractivity (Wildman–Crippen MR) is 99.4 cm³/mol. The molecule has 128 valence electrons. The van der Waals surface area contributed by atoms with E-state index in [1.807, 2.05) is 64.1 Å². The number of rotatable bonds is 4. The maximum atomic E-state index is 12.9. The third kappa shape index (κ3) is 3.60. The van der Waals surface area contributed by atoms with Gasteiger partial charge in [-0.1, -0.05) is 29.0 Å². The van der Waals surface area contributed by atoms with E-state index in [1.54, 1.807) is 15.8 Å². The van der Waals surface area contributed by atoms with Crippen molar-refractivity contribution < 1.29 is 4.79 Å². The molecule has 0 unspecified atom stereocenters. The van der Waals surface area contributed by atoms with Crippen LogP contribution in [0.1, 0.15) is 34.1 Å². The molecule has 0 aliphatic rings. The van der Waals surface area contributed by atoms with Crippen molar-refractivity contribution in [3.63, 3.8) is 0 Å². The van der Waals surface area contributed by atoms with Crippen molar-refractivity contribution in [2.24, 2.45) is 0 Å². The Morgan fingerprint density at radius 2 is 1.64 bits per heavy atom. The standard InChI is InChI=1S/C20H22N4O/c1-5-23(18-11-15(3)10-16(4)12-18)20(25)19-13-24(22-21-19)17-8-6-14(2)7-9-17/h6-13H,5H2,1-4H3. The van der Waals surface area contributed by atoms with Crippen molar-refractivity contribution in [2.75, 3.05) is 11.4 Å². The lowest BCUT2D eigenvalue weighted by Gasteiger charge is -2.20. The molecule has 0 spiro atoms. The van der Waals surface area contributed by atoms with Gasteiger partial charge in [0.25, 0.3) is 5.91 Å². The van der Waals surface area contributed by atoms with Crippen LogP contribution in [-0.4, -0.2) is 27.4 Å². The van der Waals surface area contributed by atoms with Crippen molar-refractivity contribution in [1.29, 1.82) is 0 Å². The molecule has 0 saturated carbocycles. The van der Waals surface area contributed by atoms with Crippen LogP contribution in [0.4, 0.5) is 5.69 Å². The normalized spacial score (nSPS) is 10.7. The van der Waals surface area contributed by atoms with E-state index in [-0.39, 0.29) is 5.91 Å². The van der Waals surface area contributed by atoms with E-state index < -0.39 is 0 Å². The van der Waals surface area contributed by atoms with Crippen LogP contribution in [0, 0.1) is 20.8 Å². The zero-order valence-electron chi connectivity index (χ0n) is 15.0. The number of hydrogen-bond acceptors (Lipinski definition) is 3. The van der Waals surface area contributed by atoms with Gasteiger partial charge >= 0.3 is 0 Å². The molecule has 0 fully saturated rings. The zero-order valence-corrected chi connectivity index (χ0v) is 15.0. The van der Waals surface area contributed by atoms with Gasteiger partial charge in [0.15, 0.2) is 5.69 Å². The molecule has 25 heavy (non-hydrogen) atoms. The quantitative estimate of drug-likeness (QED) is 0.728. The third-order valence-electron chi connectivity index (χ3n) is 4.09. The van der Waals surface area contributed by atoms with Gasteiger partial charge in [-0.2, -0.15) is 0 Å². The topological polar surface area (TPSA) is 51.0 Å². The van der Waals surface area contributed by atoms with Gasteiger partial charge in [-0.05, 0) is 63.1 Å². The van der Waals surface area contributed by atoms with E-state index in [0.29, 0.717) is 12.2 Å². The number of anilines is 1. The minimum absolute atomic E-state index is 0.147. The molecular weight excluding hydrogens is 312 g/mol. The molecule has 2 aromatic carbocycles. The summed E-state index contributed by atoms with van der Waals surface area (Å²) in [6.45, 7) is 8.62. The fourth-order valence-corrected chi connectivity index (χ4v) is 2.87. The Kier molecular flexibility index (Phi) is 4.65. The van der Waals surface area contributed by atoms with Gasteiger partial charge in [0, 0.05) is 12.2 Å². The summed E-state index contributed by atoms with van der Waals surface area (Å²) in [6, 6.07) is 14.0. The minimum Gasteiger partial charge on any atom is -0.307 e. The SMILES string of the molecule is CCN(C(=O)c1cn(-c2ccc(C)cc2)nn1)c1cc(C)cc(C)c1. The molecule has 3 rings (SSSR count). The predicted octanol–water partition coefficient (Wildman–Crippen LogP) is 3.86. The summed E-state index contributed by atoms with van der Waals surface area (Å²) in [4.78, 5) is 14.6. The van der Waals surface area contributed by atoms with Crippen LogP contribution in [0.25, 0.3) is 5.69 Å². The Morgan fingerprint density at radius 1 is 1.00 bits per heavy atom. The first kappa shape index (κ1) is 16.9. The Bertz CT molecular complexity index is 876.